The minimum absolute atomic E-state index is 0.153. The number of amidine groups is 1. The minimum Gasteiger partial charge on any atom is -0.339 e. The van der Waals surface area contributed by atoms with Gasteiger partial charge in [0.05, 0.1) is 18.2 Å². The molecule has 3 heterocycles. The Labute approximate surface area is 143 Å². The molecule has 0 radical (unpaired) electrons. The highest BCUT2D eigenvalue weighted by Gasteiger charge is 2.30. The molecule has 0 N–H and O–H groups in total. The maximum atomic E-state index is 12.8. The molecule has 0 spiro atoms. The van der Waals surface area contributed by atoms with Gasteiger partial charge in [-0.2, -0.15) is 0 Å². The first kappa shape index (κ1) is 15.2. The van der Waals surface area contributed by atoms with Gasteiger partial charge in [0, 0.05) is 19.3 Å². The second-order valence-electron chi connectivity index (χ2n) is 6.81. The zero-order chi connectivity index (χ0) is 16.5. The van der Waals surface area contributed by atoms with Gasteiger partial charge >= 0.3 is 0 Å². The number of amides is 1. The van der Waals surface area contributed by atoms with E-state index in [-0.39, 0.29) is 11.9 Å². The molecule has 4 heteroatoms. The molecule has 1 saturated heterocycles. The molecular weight excluding hydrogens is 298 g/mol. The number of aliphatic imine (C=N–C) groups is 1. The van der Waals surface area contributed by atoms with Crippen LogP contribution in [0.25, 0.3) is 0 Å². The number of likely N-dealkylation sites (tertiary alicyclic amines) is 1. The SMILES string of the molecule is Cc1cccc(C2CN=C3C=CC(C(=O)N4CCCCC4)=CN32)c1. The summed E-state index contributed by atoms with van der Waals surface area (Å²) in [5.41, 5.74) is 3.28. The monoisotopic (exact) mass is 321 g/mol. The largest absolute Gasteiger partial charge is 0.339 e. The van der Waals surface area contributed by atoms with Crippen molar-refractivity contribution in [3.63, 3.8) is 0 Å². The highest BCUT2D eigenvalue weighted by Crippen LogP contribution is 2.31. The molecule has 0 bridgehead atoms. The van der Waals surface area contributed by atoms with Gasteiger partial charge in [-0.1, -0.05) is 29.8 Å². The molecule has 24 heavy (non-hydrogen) atoms. The number of fused-ring (bicyclic) bond motifs is 1. The lowest BCUT2D eigenvalue weighted by atomic mass is 10.0. The Hall–Kier alpha value is -2.36. The van der Waals surface area contributed by atoms with Gasteiger partial charge < -0.3 is 9.80 Å². The van der Waals surface area contributed by atoms with Crippen molar-refractivity contribution in [3.8, 4) is 0 Å². The number of carbonyl (C=O) groups is 1. The van der Waals surface area contributed by atoms with E-state index in [1.807, 2.05) is 23.3 Å². The molecule has 124 valence electrons. The average Bonchev–Trinajstić information content (AvgIpc) is 3.05. The number of rotatable bonds is 2. The fraction of sp³-hybridized carbons (Fsp3) is 0.400. The van der Waals surface area contributed by atoms with E-state index in [0.717, 1.165) is 43.9 Å². The van der Waals surface area contributed by atoms with Crippen molar-refractivity contribution in [1.29, 1.82) is 0 Å². The first-order chi connectivity index (χ1) is 11.7. The van der Waals surface area contributed by atoms with Gasteiger partial charge in [0.2, 0.25) is 0 Å². The topological polar surface area (TPSA) is 35.9 Å². The molecule has 4 nitrogen and oxygen atoms in total. The van der Waals surface area contributed by atoms with E-state index in [0.29, 0.717) is 0 Å². The number of benzene rings is 1. The molecule has 0 aliphatic carbocycles. The van der Waals surface area contributed by atoms with Crippen molar-refractivity contribution in [2.75, 3.05) is 19.6 Å². The van der Waals surface area contributed by atoms with Crippen LogP contribution in [-0.2, 0) is 4.79 Å². The number of nitrogens with zero attached hydrogens (tertiary/aromatic N) is 3. The highest BCUT2D eigenvalue weighted by molar-refractivity contribution is 6.04. The molecule has 0 saturated carbocycles. The summed E-state index contributed by atoms with van der Waals surface area (Å²) in [5.74, 6) is 1.11. The summed E-state index contributed by atoms with van der Waals surface area (Å²) < 4.78 is 0. The molecule has 1 aromatic carbocycles. The van der Waals surface area contributed by atoms with Crippen molar-refractivity contribution >= 4 is 11.7 Å². The first-order valence-corrected chi connectivity index (χ1v) is 8.81. The Morgan fingerprint density at radius 3 is 2.79 bits per heavy atom. The minimum atomic E-state index is 0.153. The van der Waals surface area contributed by atoms with Crippen LogP contribution < -0.4 is 0 Å². The lowest BCUT2D eigenvalue weighted by Gasteiger charge is -2.30. The molecule has 0 aromatic heterocycles. The number of hydrogen-bond donors (Lipinski definition) is 0. The van der Waals surface area contributed by atoms with E-state index in [1.54, 1.807) is 0 Å². The van der Waals surface area contributed by atoms with Crippen molar-refractivity contribution in [3.05, 3.63) is 59.3 Å². The van der Waals surface area contributed by atoms with Crippen LogP contribution in [0.1, 0.15) is 36.4 Å². The van der Waals surface area contributed by atoms with E-state index >= 15 is 0 Å². The molecule has 1 unspecified atom stereocenters. The van der Waals surface area contributed by atoms with Crippen LogP contribution in [-0.4, -0.2) is 41.2 Å². The summed E-state index contributed by atoms with van der Waals surface area (Å²) in [5, 5.41) is 0. The lowest BCUT2D eigenvalue weighted by Crippen LogP contribution is -2.38. The average molecular weight is 321 g/mol. The van der Waals surface area contributed by atoms with Crippen molar-refractivity contribution in [1.82, 2.24) is 9.80 Å². The summed E-state index contributed by atoms with van der Waals surface area (Å²) in [4.78, 5) is 21.6. The maximum Gasteiger partial charge on any atom is 0.255 e. The zero-order valence-corrected chi connectivity index (χ0v) is 14.1. The molecule has 4 rings (SSSR count). The van der Waals surface area contributed by atoms with Crippen LogP contribution in [0.15, 0.2) is 53.2 Å². The maximum absolute atomic E-state index is 12.8. The second-order valence-corrected chi connectivity index (χ2v) is 6.81. The fourth-order valence-electron chi connectivity index (χ4n) is 3.71. The van der Waals surface area contributed by atoms with E-state index in [2.05, 4.69) is 41.1 Å². The molecule has 1 amide bonds. The van der Waals surface area contributed by atoms with Gasteiger partial charge in [0.25, 0.3) is 5.91 Å². The van der Waals surface area contributed by atoms with Crippen LogP contribution in [0.5, 0.6) is 0 Å². The number of piperidine rings is 1. The van der Waals surface area contributed by atoms with E-state index in [4.69, 9.17) is 0 Å². The van der Waals surface area contributed by atoms with Gasteiger partial charge in [-0.25, -0.2) is 0 Å². The molecule has 1 fully saturated rings. The second kappa shape index (κ2) is 6.27. The Balaban J connectivity index is 1.58. The predicted molar refractivity (Wildman–Crippen MR) is 95.7 cm³/mol. The summed E-state index contributed by atoms with van der Waals surface area (Å²) in [6, 6.07) is 8.74. The van der Waals surface area contributed by atoms with Crippen LogP contribution in [0.3, 0.4) is 0 Å². The van der Waals surface area contributed by atoms with Gasteiger partial charge in [-0.05, 0) is 43.9 Å². The van der Waals surface area contributed by atoms with E-state index < -0.39 is 0 Å². The van der Waals surface area contributed by atoms with Crippen molar-refractivity contribution in [2.45, 2.75) is 32.2 Å². The summed E-state index contributed by atoms with van der Waals surface area (Å²) >= 11 is 0. The third kappa shape index (κ3) is 2.77. The van der Waals surface area contributed by atoms with Crippen molar-refractivity contribution < 1.29 is 4.79 Å². The van der Waals surface area contributed by atoms with Crippen LogP contribution in [0.4, 0.5) is 0 Å². The van der Waals surface area contributed by atoms with Crippen LogP contribution in [0, 0.1) is 6.92 Å². The zero-order valence-electron chi connectivity index (χ0n) is 14.1. The molecule has 1 atom stereocenters. The van der Waals surface area contributed by atoms with E-state index in [1.165, 1.54) is 17.5 Å². The molecular formula is C20H23N3O. The van der Waals surface area contributed by atoms with Crippen LogP contribution in [0.2, 0.25) is 0 Å². The number of hydrogen-bond acceptors (Lipinski definition) is 3. The van der Waals surface area contributed by atoms with E-state index in [9.17, 15) is 4.79 Å². The van der Waals surface area contributed by atoms with Gasteiger partial charge in [0.1, 0.15) is 5.84 Å². The number of carbonyl (C=O) groups excluding carboxylic acids is 1. The third-order valence-electron chi connectivity index (χ3n) is 5.03. The standard InChI is InChI=1S/C20H23N3O/c1-15-6-5-7-16(12-15)18-13-21-19-9-8-17(14-23(18)19)20(24)22-10-3-2-4-11-22/h5-9,12,14,18H,2-4,10-11,13H2,1H3. The smallest absolute Gasteiger partial charge is 0.255 e. The quantitative estimate of drug-likeness (QED) is 0.838. The van der Waals surface area contributed by atoms with Crippen molar-refractivity contribution in [2.24, 2.45) is 4.99 Å². The summed E-state index contributed by atoms with van der Waals surface area (Å²) in [7, 11) is 0. The fourth-order valence-corrected chi connectivity index (χ4v) is 3.71. The Morgan fingerprint density at radius 2 is 2.00 bits per heavy atom. The molecule has 3 aliphatic heterocycles. The van der Waals surface area contributed by atoms with Crippen LogP contribution >= 0.6 is 0 Å². The normalized spacial score (nSPS) is 23.0. The Morgan fingerprint density at radius 1 is 1.17 bits per heavy atom. The Kier molecular flexibility index (Phi) is 3.97. The van der Waals surface area contributed by atoms with Gasteiger partial charge in [-0.3, -0.25) is 9.79 Å². The summed E-state index contributed by atoms with van der Waals surface area (Å²) in [6.45, 7) is 4.61. The molecule has 1 aromatic rings. The lowest BCUT2D eigenvalue weighted by molar-refractivity contribution is -0.127. The first-order valence-electron chi connectivity index (χ1n) is 8.81. The third-order valence-corrected chi connectivity index (χ3v) is 5.03. The highest BCUT2D eigenvalue weighted by atomic mass is 16.2. The summed E-state index contributed by atoms with van der Waals surface area (Å²) in [6.07, 6.45) is 9.36. The van der Waals surface area contributed by atoms with Gasteiger partial charge in [0.15, 0.2) is 0 Å². The Bertz CT molecular complexity index is 741. The predicted octanol–water partition coefficient (Wildman–Crippen LogP) is 3.22. The van der Waals surface area contributed by atoms with Gasteiger partial charge in [-0.15, -0.1) is 0 Å². The number of aryl methyl sites for hydroxylation is 1. The molecule has 3 aliphatic rings.